The summed E-state index contributed by atoms with van der Waals surface area (Å²) in [6, 6.07) is 6.09. The van der Waals surface area contributed by atoms with E-state index >= 15 is 0 Å². The summed E-state index contributed by atoms with van der Waals surface area (Å²) in [6.45, 7) is 3.03. The highest BCUT2D eigenvalue weighted by atomic mass is 16.5. The van der Waals surface area contributed by atoms with Crippen LogP contribution in [0.1, 0.15) is 44.1 Å². The maximum absolute atomic E-state index is 6.08. The third-order valence-corrected chi connectivity index (χ3v) is 4.72. The van der Waals surface area contributed by atoms with Crippen molar-refractivity contribution in [1.82, 2.24) is 0 Å². The maximum atomic E-state index is 6.08. The molecule has 1 unspecified atom stereocenters. The van der Waals surface area contributed by atoms with E-state index in [9.17, 15) is 0 Å². The van der Waals surface area contributed by atoms with Crippen molar-refractivity contribution in [3.8, 4) is 11.5 Å². The Labute approximate surface area is 122 Å². The van der Waals surface area contributed by atoms with Gasteiger partial charge in [0, 0.05) is 12.0 Å². The number of nitrogens with two attached hydrogens (primary N) is 1. The van der Waals surface area contributed by atoms with Crippen LogP contribution in [0.15, 0.2) is 18.2 Å². The smallest absolute Gasteiger partial charge is 0.126 e. The quantitative estimate of drug-likeness (QED) is 0.894. The van der Waals surface area contributed by atoms with Gasteiger partial charge in [-0.05, 0) is 42.9 Å². The Bertz CT molecular complexity index is 425. The summed E-state index contributed by atoms with van der Waals surface area (Å²) < 4.78 is 10.8. The number of benzene rings is 1. The van der Waals surface area contributed by atoms with Crippen molar-refractivity contribution in [2.45, 2.75) is 38.5 Å². The predicted molar refractivity (Wildman–Crippen MR) is 82.5 cm³/mol. The van der Waals surface area contributed by atoms with E-state index in [0.29, 0.717) is 18.4 Å². The minimum absolute atomic E-state index is 0.392. The molecule has 1 aliphatic carbocycles. The third-order valence-electron chi connectivity index (χ3n) is 4.72. The van der Waals surface area contributed by atoms with Gasteiger partial charge in [-0.25, -0.2) is 0 Å². The Kier molecular flexibility index (Phi) is 5.30. The molecule has 0 heterocycles. The van der Waals surface area contributed by atoms with Gasteiger partial charge in [0.15, 0.2) is 0 Å². The van der Waals surface area contributed by atoms with Crippen molar-refractivity contribution in [1.29, 1.82) is 0 Å². The summed E-state index contributed by atoms with van der Waals surface area (Å²) in [7, 11) is 3.40. The van der Waals surface area contributed by atoms with Crippen LogP contribution in [0.2, 0.25) is 0 Å². The Hall–Kier alpha value is -1.22. The summed E-state index contributed by atoms with van der Waals surface area (Å²) >= 11 is 0. The largest absolute Gasteiger partial charge is 0.497 e. The molecule has 1 aliphatic rings. The van der Waals surface area contributed by atoms with Crippen molar-refractivity contribution >= 4 is 0 Å². The summed E-state index contributed by atoms with van der Waals surface area (Å²) in [5.41, 5.74) is 7.31. The lowest BCUT2D eigenvalue weighted by Crippen LogP contribution is -2.25. The summed E-state index contributed by atoms with van der Waals surface area (Å²) in [5.74, 6) is 3.67. The van der Waals surface area contributed by atoms with Gasteiger partial charge in [-0.15, -0.1) is 0 Å². The highest BCUT2D eigenvalue weighted by Crippen LogP contribution is 2.41. The van der Waals surface area contributed by atoms with E-state index in [1.165, 1.54) is 31.2 Å². The molecule has 20 heavy (non-hydrogen) atoms. The molecule has 1 aromatic carbocycles. The van der Waals surface area contributed by atoms with Gasteiger partial charge < -0.3 is 15.2 Å². The van der Waals surface area contributed by atoms with Gasteiger partial charge in [-0.3, -0.25) is 0 Å². The molecule has 3 nitrogen and oxygen atoms in total. The van der Waals surface area contributed by atoms with Crippen molar-refractivity contribution in [2.75, 3.05) is 20.8 Å². The Morgan fingerprint density at radius 1 is 1.15 bits per heavy atom. The summed E-state index contributed by atoms with van der Waals surface area (Å²) in [5, 5.41) is 0. The average molecular weight is 277 g/mol. The standard InChI is InChI=1S/C17H27NO2/c1-12-4-6-13(7-5-12)16(11-18)15-9-8-14(19-2)10-17(15)20-3/h8-10,12-13,16H,4-7,11,18H2,1-3H3. The molecule has 2 N–H and O–H groups in total. The minimum Gasteiger partial charge on any atom is -0.497 e. The van der Waals surface area contributed by atoms with Crippen LogP contribution in [0.3, 0.4) is 0 Å². The molecular weight excluding hydrogens is 250 g/mol. The topological polar surface area (TPSA) is 44.5 Å². The van der Waals surface area contributed by atoms with E-state index in [1.54, 1.807) is 14.2 Å². The molecule has 3 heteroatoms. The average Bonchev–Trinajstić information content (AvgIpc) is 2.50. The molecule has 0 aliphatic heterocycles. The SMILES string of the molecule is COc1ccc(C(CN)C2CCC(C)CC2)c(OC)c1. The molecule has 1 aromatic rings. The molecule has 0 saturated heterocycles. The number of methoxy groups -OCH3 is 2. The van der Waals surface area contributed by atoms with E-state index in [-0.39, 0.29) is 0 Å². The molecule has 112 valence electrons. The van der Waals surface area contributed by atoms with Crippen LogP contribution in [-0.4, -0.2) is 20.8 Å². The van der Waals surface area contributed by atoms with Crippen LogP contribution >= 0.6 is 0 Å². The number of ether oxygens (including phenoxy) is 2. The van der Waals surface area contributed by atoms with Crippen LogP contribution in [-0.2, 0) is 0 Å². The normalized spacial score (nSPS) is 24.2. The van der Waals surface area contributed by atoms with Gasteiger partial charge in [0.2, 0.25) is 0 Å². The number of hydrogen-bond acceptors (Lipinski definition) is 3. The molecule has 1 saturated carbocycles. The van der Waals surface area contributed by atoms with Crippen LogP contribution in [0, 0.1) is 11.8 Å². The fourth-order valence-electron chi connectivity index (χ4n) is 3.39. The first-order valence-electron chi connectivity index (χ1n) is 7.61. The van der Waals surface area contributed by atoms with E-state index in [4.69, 9.17) is 15.2 Å². The highest BCUT2D eigenvalue weighted by molar-refractivity contribution is 5.43. The zero-order chi connectivity index (χ0) is 14.5. The molecule has 1 fully saturated rings. The van der Waals surface area contributed by atoms with Gasteiger partial charge in [-0.2, -0.15) is 0 Å². The first-order valence-corrected chi connectivity index (χ1v) is 7.61. The second-order valence-electron chi connectivity index (χ2n) is 5.97. The van der Waals surface area contributed by atoms with Crippen LogP contribution in [0.25, 0.3) is 0 Å². The van der Waals surface area contributed by atoms with Gasteiger partial charge in [-0.1, -0.05) is 25.8 Å². The van der Waals surface area contributed by atoms with E-state index < -0.39 is 0 Å². The summed E-state index contributed by atoms with van der Waals surface area (Å²) in [6.07, 6.45) is 5.19. The van der Waals surface area contributed by atoms with Crippen LogP contribution in [0.5, 0.6) is 11.5 Å². The lowest BCUT2D eigenvalue weighted by atomic mass is 9.74. The summed E-state index contributed by atoms with van der Waals surface area (Å²) in [4.78, 5) is 0. The molecule has 2 rings (SSSR count). The van der Waals surface area contributed by atoms with Crippen molar-refractivity contribution in [2.24, 2.45) is 17.6 Å². The second kappa shape index (κ2) is 6.98. The third kappa shape index (κ3) is 3.26. The highest BCUT2D eigenvalue weighted by Gasteiger charge is 2.28. The minimum atomic E-state index is 0.392. The first kappa shape index (κ1) is 15.2. The number of hydrogen-bond donors (Lipinski definition) is 1. The molecule has 0 radical (unpaired) electrons. The van der Waals surface area contributed by atoms with Crippen molar-refractivity contribution in [3.63, 3.8) is 0 Å². The lowest BCUT2D eigenvalue weighted by Gasteiger charge is -2.33. The zero-order valence-electron chi connectivity index (χ0n) is 12.9. The lowest BCUT2D eigenvalue weighted by molar-refractivity contribution is 0.252. The monoisotopic (exact) mass is 277 g/mol. The molecule has 0 amide bonds. The van der Waals surface area contributed by atoms with E-state index in [2.05, 4.69) is 13.0 Å². The van der Waals surface area contributed by atoms with Crippen molar-refractivity contribution < 1.29 is 9.47 Å². The first-order chi connectivity index (χ1) is 9.69. The van der Waals surface area contributed by atoms with Gasteiger partial charge in [0.05, 0.1) is 14.2 Å². The molecular formula is C17H27NO2. The molecule has 0 spiro atoms. The van der Waals surface area contributed by atoms with E-state index in [1.807, 2.05) is 12.1 Å². The van der Waals surface area contributed by atoms with Gasteiger partial charge in [0.25, 0.3) is 0 Å². The van der Waals surface area contributed by atoms with E-state index in [0.717, 1.165) is 17.4 Å². The molecule has 0 aromatic heterocycles. The van der Waals surface area contributed by atoms with Crippen molar-refractivity contribution in [3.05, 3.63) is 23.8 Å². The molecule has 1 atom stereocenters. The fraction of sp³-hybridized carbons (Fsp3) is 0.647. The van der Waals surface area contributed by atoms with Crippen LogP contribution < -0.4 is 15.2 Å². The zero-order valence-corrected chi connectivity index (χ0v) is 12.9. The maximum Gasteiger partial charge on any atom is 0.126 e. The van der Waals surface area contributed by atoms with Gasteiger partial charge >= 0.3 is 0 Å². The van der Waals surface area contributed by atoms with Crippen LogP contribution in [0.4, 0.5) is 0 Å². The predicted octanol–water partition coefficient (Wildman–Crippen LogP) is 3.57. The Morgan fingerprint density at radius 3 is 2.40 bits per heavy atom. The Morgan fingerprint density at radius 2 is 1.85 bits per heavy atom. The molecule has 0 bridgehead atoms. The Balaban J connectivity index is 2.22. The van der Waals surface area contributed by atoms with Gasteiger partial charge in [0.1, 0.15) is 11.5 Å². The number of rotatable bonds is 5. The second-order valence-corrected chi connectivity index (χ2v) is 5.97. The fourth-order valence-corrected chi connectivity index (χ4v) is 3.39.